The van der Waals surface area contributed by atoms with Gasteiger partial charge in [-0.05, 0) is 39.0 Å². The highest BCUT2D eigenvalue weighted by Crippen LogP contribution is 2.23. The highest BCUT2D eigenvalue weighted by Gasteiger charge is 2.09. The Morgan fingerprint density at radius 1 is 1.19 bits per heavy atom. The zero-order valence-corrected chi connectivity index (χ0v) is 13.1. The Bertz CT molecular complexity index is 629. The Labute approximate surface area is 129 Å². The lowest BCUT2D eigenvalue weighted by Gasteiger charge is -2.19. The summed E-state index contributed by atoms with van der Waals surface area (Å²) in [6, 6.07) is 6.31. The van der Waals surface area contributed by atoms with Crippen LogP contribution in [0.15, 0.2) is 24.3 Å². The smallest absolute Gasteiger partial charge is 0.227 e. The summed E-state index contributed by atoms with van der Waals surface area (Å²) in [6.45, 7) is 7.70. The van der Waals surface area contributed by atoms with Gasteiger partial charge in [0.25, 0.3) is 0 Å². The number of hydrogen-bond acceptors (Lipinski definition) is 4. The van der Waals surface area contributed by atoms with Gasteiger partial charge in [0, 0.05) is 30.5 Å². The maximum absolute atomic E-state index is 13.2. The van der Waals surface area contributed by atoms with Gasteiger partial charge < -0.3 is 10.2 Å². The fourth-order valence-electron chi connectivity index (χ4n) is 1.99. The minimum Gasteiger partial charge on any atom is -0.341 e. The number of nitrogens with zero attached hydrogens (tertiary/aromatic N) is 3. The van der Waals surface area contributed by atoms with Crippen LogP contribution in [0.5, 0.6) is 0 Å². The molecule has 0 aliphatic heterocycles. The molecule has 1 aromatic heterocycles. The predicted molar refractivity (Wildman–Crippen MR) is 85.0 cm³/mol. The Balaban J connectivity index is 2.29. The van der Waals surface area contributed by atoms with Crippen molar-refractivity contribution in [3.8, 4) is 0 Å². The van der Waals surface area contributed by atoms with Crippen molar-refractivity contribution in [2.24, 2.45) is 0 Å². The summed E-state index contributed by atoms with van der Waals surface area (Å²) in [6.07, 6.45) is 0. The number of aromatic nitrogens is 2. The molecule has 0 unspecified atom stereocenters. The van der Waals surface area contributed by atoms with Crippen LogP contribution in [-0.4, -0.2) is 23.1 Å². The third-order valence-corrected chi connectivity index (χ3v) is 3.37. The molecule has 1 N–H and O–H groups in total. The average Bonchev–Trinajstić information content (AvgIpc) is 2.44. The highest BCUT2D eigenvalue weighted by molar-refractivity contribution is 6.31. The van der Waals surface area contributed by atoms with Crippen molar-refractivity contribution in [2.45, 2.75) is 20.8 Å². The number of halogens is 2. The second-order valence-electron chi connectivity index (χ2n) is 4.62. The van der Waals surface area contributed by atoms with Crippen LogP contribution < -0.4 is 10.2 Å². The van der Waals surface area contributed by atoms with E-state index in [1.807, 2.05) is 13.0 Å². The van der Waals surface area contributed by atoms with Gasteiger partial charge in [-0.1, -0.05) is 11.6 Å². The molecule has 0 bridgehead atoms. The molecule has 0 aliphatic rings. The van der Waals surface area contributed by atoms with E-state index in [1.165, 1.54) is 12.1 Å². The van der Waals surface area contributed by atoms with Crippen LogP contribution in [0.25, 0.3) is 0 Å². The maximum atomic E-state index is 13.2. The third kappa shape index (κ3) is 3.82. The molecule has 6 heteroatoms. The molecule has 0 saturated heterocycles. The maximum Gasteiger partial charge on any atom is 0.227 e. The van der Waals surface area contributed by atoms with Gasteiger partial charge in [-0.2, -0.15) is 4.98 Å². The first-order valence-corrected chi connectivity index (χ1v) is 7.24. The Morgan fingerprint density at radius 2 is 1.90 bits per heavy atom. The highest BCUT2D eigenvalue weighted by atomic mass is 35.5. The zero-order chi connectivity index (χ0) is 15.4. The van der Waals surface area contributed by atoms with Crippen molar-refractivity contribution in [1.82, 2.24) is 9.97 Å². The van der Waals surface area contributed by atoms with Crippen LogP contribution in [0.1, 0.15) is 19.5 Å². The number of benzene rings is 1. The van der Waals surface area contributed by atoms with Gasteiger partial charge in [-0.15, -0.1) is 0 Å². The summed E-state index contributed by atoms with van der Waals surface area (Å²) in [4.78, 5) is 11.0. The van der Waals surface area contributed by atoms with Crippen molar-refractivity contribution >= 4 is 29.1 Å². The molecular weight excluding hydrogens is 291 g/mol. The first kappa shape index (κ1) is 15.5. The van der Waals surface area contributed by atoms with Gasteiger partial charge in [-0.3, -0.25) is 0 Å². The Kier molecular flexibility index (Phi) is 4.96. The molecule has 112 valence electrons. The molecule has 0 aliphatic carbocycles. The standard InChI is InChI=1S/C15H18ClFN4/c1-4-21(5-2)15-18-10(3)8-14(20-15)19-11-6-7-13(17)12(16)9-11/h6-9H,4-5H2,1-3H3,(H,18,19,20). The van der Waals surface area contributed by atoms with E-state index in [-0.39, 0.29) is 5.02 Å². The predicted octanol–water partition coefficient (Wildman–Crippen LogP) is 4.17. The summed E-state index contributed by atoms with van der Waals surface area (Å²) in [5.74, 6) is 0.896. The van der Waals surface area contributed by atoms with Crippen LogP contribution in [0.4, 0.5) is 21.8 Å². The molecule has 0 amide bonds. The molecule has 2 rings (SSSR count). The largest absolute Gasteiger partial charge is 0.341 e. The molecule has 0 spiro atoms. The lowest BCUT2D eigenvalue weighted by molar-refractivity contribution is 0.628. The Hall–Kier alpha value is -1.88. The minimum atomic E-state index is -0.440. The van der Waals surface area contributed by atoms with Crippen molar-refractivity contribution in [3.63, 3.8) is 0 Å². The van der Waals surface area contributed by atoms with Gasteiger partial charge in [0.05, 0.1) is 5.02 Å². The van der Waals surface area contributed by atoms with Crippen LogP contribution >= 0.6 is 11.6 Å². The van der Waals surface area contributed by atoms with E-state index in [9.17, 15) is 4.39 Å². The first-order chi connectivity index (χ1) is 10.0. The van der Waals surface area contributed by atoms with Gasteiger partial charge in [0.15, 0.2) is 0 Å². The topological polar surface area (TPSA) is 41.1 Å². The number of hydrogen-bond donors (Lipinski definition) is 1. The molecule has 0 radical (unpaired) electrons. The molecule has 0 saturated carbocycles. The summed E-state index contributed by atoms with van der Waals surface area (Å²) in [7, 11) is 0. The van der Waals surface area contributed by atoms with E-state index in [4.69, 9.17) is 11.6 Å². The normalized spacial score (nSPS) is 10.5. The summed E-state index contributed by atoms with van der Waals surface area (Å²) >= 11 is 5.78. The molecule has 1 heterocycles. The molecule has 21 heavy (non-hydrogen) atoms. The fraction of sp³-hybridized carbons (Fsp3) is 0.333. The molecule has 0 atom stereocenters. The average molecular weight is 309 g/mol. The van der Waals surface area contributed by atoms with E-state index in [0.717, 1.165) is 18.8 Å². The molecular formula is C15H18ClFN4. The third-order valence-electron chi connectivity index (χ3n) is 3.08. The van der Waals surface area contributed by atoms with E-state index in [1.54, 1.807) is 6.07 Å². The molecule has 2 aromatic rings. The lowest BCUT2D eigenvalue weighted by Crippen LogP contribution is -2.24. The zero-order valence-electron chi connectivity index (χ0n) is 12.3. The van der Waals surface area contributed by atoms with Crippen LogP contribution in [0, 0.1) is 12.7 Å². The van der Waals surface area contributed by atoms with Crippen LogP contribution in [0.2, 0.25) is 5.02 Å². The first-order valence-electron chi connectivity index (χ1n) is 6.86. The van der Waals surface area contributed by atoms with Gasteiger partial charge in [0.1, 0.15) is 11.6 Å². The minimum absolute atomic E-state index is 0.0785. The van der Waals surface area contributed by atoms with E-state index >= 15 is 0 Å². The number of anilines is 3. The number of aryl methyl sites for hydroxylation is 1. The Morgan fingerprint density at radius 3 is 2.52 bits per heavy atom. The van der Waals surface area contributed by atoms with Crippen LogP contribution in [0.3, 0.4) is 0 Å². The van der Waals surface area contributed by atoms with E-state index in [0.29, 0.717) is 17.5 Å². The SMILES string of the molecule is CCN(CC)c1nc(C)cc(Nc2ccc(F)c(Cl)c2)n1. The van der Waals surface area contributed by atoms with Crippen LogP contribution in [-0.2, 0) is 0 Å². The second kappa shape index (κ2) is 6.72. The van der Waals surface area contributed by atoms with Crippen molar-refractivity contribution in [2.75, 3.05) is 23.3 Å². The number of rotatable bonds is 5. The van der Waals surface area contributed by atoms with Crippen molar-refractivity contribution in [1.29, 1.82) is 0 Å². The fourth-order valence-corrected chi connectivity index (χ4v) is 2.17. The monoisotopic (exact) mass is 308 g/mol. The van der Waals surface area contributed by atoms with Gasteiger partial charge in [-0.25, -0.2) is 9.37 Å². The quantitative estimate of drug-likeness (QED) is 0.900. The molecule has 1 aromatic carbocycles. The van der Waals surface area contributed by atoms with Gasteiger partial charge in [0.2, 0.25) is 5.95 Å². The molecule has 0 fully saturated rings. The second-order valence-corrected chi connectivity index (χ2v) is 5.03. The van der Waals surface area contributed by atoms with Gasteiger partial charge >= 0.3 is 0 Å². The summed E-state index contributed by atoms with van der Waals surface area (Å²) in [5, 5.41) is 3.21. The lowest BCUT2D eigenvalue weighted by atomic mass is 10.3. The van der Waals surface area contributed by atoms with E-state index < -0.39 is 5.82 Å². The molecule has 4 nitrogen and oxygen atoms in total. The van der Waals surface area contributed by atoms with E-state index in [2.05, 4.69) is 34.0 Å². The number of nitrogens with one attached hydrogen (secondary N) is 1. The van der Waals surface area contributed by atoms with Crippen molar-refractivity contribution < 1.29 is 4.39 Å². The van der Waals surface area contributed by atoms with Crippen molar-refractivity contribution in [3.05, 3.63) is 40.8 Å². The summed E-state index contributed by atoms with van der Waals surface area (Å²) < 4.78 is 13.2. The summed E-state index contributed by atoms with van der Waals surface area (Å²) in [5.41, 5.74) is 1.55.